The van der Waals surface area contributed by atoms with Gasteiger partial charge in [-0.3, -0.25) is 10.1 Å². The molecular formula is C12H13N3O4. The van der Waals surface area contributed by atoms with Crippen LogP contribution in [0.1, 0.15) is 23.7 Å². The quantitative estimate of drug-likeness (QED) is 0.475. The van der Waals surface area contributed by atoms with E-state index in [1.807, 2.05) is 6.92 Å². The van der Waals surface area contributed by atoms with E-state index < -0.39 is 22.1 Å². The van der Waals surface area contributed by atoms with Gasteiger partial charge in [-0.15, -0.1) is 6.42 Å². The van der Waals surface area contributed by atoms with Crippen LogP contribution in [0.4, 0.5) is 11.5 Å². The van der Waals surface area contributed by atoms with E-state index in [9.17, 15) is 14.9 Å². The Morgan fingerprint density at radius 1 is 1.68 bits per heavy atom. The van der Waals surface area contributed by atoms with Crippen molar-refractivity contribution in [2.75, 3.05) is 18.0 Å². The minimum absolute atomic E-state index is 0.262. The largest absolute Gasteiger partial charge is 0.477 e. The van der Waals surface area contributed by atoms with E-state index in [1.165, 1.54) is 6.07 Å². The smallest absolute Gasteiger partial charge is 0.342 e. The molecule has 0 bridgehead atoms. The molecular weight excluding hydrogens is 250 g/mol. The number of aromatic carboxylic acids is 1. The molecule has 0 spiro atoms. The number of hydrogen-bond donors (Lipinski definition) is 1. The highest BCUT2D eigenvalue weighted by Crippen LogP contribution is 2.22. The summed E-state index contributed by atoms with van der Waals surface area (Å²) in [4.78, 5) is 26.6. The first kappa shape index (κ1) is 14.4. The molecule has 0 aliphatic rings. The lowest BCUT2D eigenvalue weighted by atomic mass is 10.2. The highest BCUT2D eigenvalue weighted by molar-refractivity contribution is 5.93. The van der Waals surface area contributed by atoms with Gasteiger partial charge in [-0.25, -0.2) is 9.78 Å². The lowest BCUT2D eigenvalue weighted by Gasteiger charge is -2.20. The number of carbonyl (C=O) groups is 1. The van der Waals surface area contributed by atoms with Crippen LogP contribution < -0.4 is 4.90 Å². The van der Waals surface area contributed by atoms with Crippen molar-refractivity contribution < 1.29 is 14.8 Å². The molecule has 0 saturated heterocycles. The number of hydrogen-bond acceptors (Lipinski definition) is 5. The zero-order chi connectivity index (χ0) is 14.4. The lowest BCUT2D eigenvalue weighted by molar-refractivity contribution is -0.385. The van der Waals surface area contributed by atoms with Crippen LogP contribution in [0.3, 0.4) is 0 Å². The minimum Gasteiger partial charge on any atom is -0.477 e. The highest BCUT2D eigenvalue weighted by atomic mass is 16.6. The predicted octanol–water partition coefficient (Wildman–Crippen LogP) is 1.54. The van der Waals surface area contributed by atoms with Gasteiger partial charge in [0.15, 0.2) is 0 Å². The van der Waals surface area contributed by atoms with Gasteiger partial charge in [0, 0.05) is 12.6 Å². The molecule has 0 fully saturated rings. The average Bonchev–Trinajstić information content (AvgIpc) is 2.37. The molecule has 7 heteroatoms. The van der Waals surface area contributed by atoms with Crippen LogP contribution >= 0.6 is 0 Å². The van der Waals surface area contributed by atoms with Gasteiger partial charge in [0.25, 0.3) is 0 Å². The Hall–Kier alpha value is -2.62. The number of anilines is 1. The van der Waals surface area contributed by atoms with Gasteiger partial charge in [-0.05, 0) is 6.42 Å². The van der Waals surface area contributed by atoms with Crippen molar-refractivity contribution in [3.63, 3.8) is 0 Å². The third kappa shape index (κ3) is 3.42. The number of nitrogens with zero attached hydrogens (tertiary/aromatic N) is 3. The molecule has 1 rings (SSSR count). The van der Waals surface area contributed by atoms with E-state index in [2.05, 4.69) is 10.9 Å². The number of pyridine rings is 1. The van der Waals surface area contributed by atoms with Crippen molar-refractivity contribution in [3.8, 4) is 12.3 Å². The summed E-state index contributed by atoms with van der Waals surface area (Å²) in [7, 11) is 0. The molecule has 0 aliphatic carbocycles. The first-order valence-electron chi connectivity index (χ1n) is 5.57. The third-order valence-electron chi connectivity index (χ3n) is 2.40. The van der Waals surface area contributed by atoms with Crippen LogP contribution in [0.2, 0.25) is 0 Å². The predicted molar refractivity (Wildman–Crippen MR) is 69.2 cm³/mol. The second kappa shape index (κ2) is 6.35. The molecule has 0 aliphatic heterocycles. The monoisotopic (exact) mass is 263 g/mol. The molecule has 19 heavy (non-hydrogen) atoms. The van der Waals surface area contributed by atoms with Crippen molar-refractivity contribution in [2.24, 2.45) is 0 Å². The molecule has 0 unspecified atom stereocenters. The fourth-order valence-corrected chi connectivity index (χ4v) is 1.58. The normalized spacial score (nSPS) is 9.68. The van der Waals surface area contributed by atoms with Crippen LogP contribution in [-0.2, 0) is 0 Å². The van der Waals surface area contributed by atoms with E-state index in [4.69, 9.17) is 11.5 Å². The fourth-order valence-electron chi connectivity index (χ4n) is 1.58. The minimum atomic E-state index is -1.37. The summed E-state index contributed by atoms with van der Waals surface area (Å²) in [6, 6.07) is 1.17. The summed E-state index contributed by atoms with van der Waals surface area (Å²) in [6.45, 7) is 2.79. The summed E-state index contributed by atoms with van der Waals surface area (Å²) in [5.74, 6) is 1.40. The van der Waals surface area contributed by atoms with Gasteiger partial charge in [0.2, 0.25) is 0 Å². The van der Waals surface area contributed by atoms with Crippen LogP contribution in [0.5, 0.6) is 0 Å². The van der Waals surface area contributed by atoms with Gasteiger partial charge in [0.05, 0.1) is 11.5 Å². The zero-order valence-corrected chi connectivity index (χ0v) is 10.4. The van der Waals surface area contributed by atoms with Gasteiger partial charge in [0.1, 0.15) is 17.6 Å². The molecule has 7 nitrogen and oxygen atoms in total. The number of aromatic nitrogens is 1. The Bertz CT molecular complexity index is 536. The maximum Gasteiger partial charge on any atom is 0.342 e. The van der Waals surface area contributed by atoms with Crippen LogP contribution in [-0.4, -0.2) is 34.1 Å². The zero-order valence-electron chi connectivity index (χ0n) is 10.4. The molecule has 0 atom stereocenters. The topological polar surface area (TPSA) is 96.6 Å². The van der Waals surface area contributed by atoms with E-state index >= 15 is 0 Å². The van der Waals surface area contributed by atoms with Crippen molar-refractivity contribution >= 4 is 17.5 Å². The maximum atomic E-state index is 11.0. The maximum absolute atomic E-state index is 11.0. The highest BCUT2D eigenvalue weighted by Gasteiger charge is 2.22. The number of nitro groups is 1. The summed E-state index contributed by atoms with van der Waals surface area (Å²) in [5.41, 5.74) is -0.929. The Morgan fingerprint density at radius 2 is 2.37 bits per heavy atom. The Kier molecular flexibility index (Phi) is 4.83. The summed E-state index contributed by atoms with van der Waals surface area (Å²) < 4.78 is 0. The molecule has 0 saturated carbocycles. The molecule has 1 heterocycles. The Labute approximate surface area is 110 Å². The second-order valence-corrected chi connectivity index (χ2v) is 3.75. The van der Waals surface area contributed by atoms with Crippen molar-refractivity contribution in [2.45, 2.75) is 13.3 Å². The van der Waals surface area contributed by atoms with Gasteiger partial charge >= 0.3 is 11.7 Å². The molecule has 0 radical (unpaired) electrons. The fraction of sp³-hybridized carbons (Fsp3) is 0.333. The molecule has 0 aromatic carbocycles. The first-order chi connectivity index (χ1) is 9.01. The van der Waals surface area contributed by atoms with Crippen molar-refractivity contribution in [3.05, 3.63) is 27.9 Å². The standard InChI is InChI=1S/C12H13N3O4/c1-3-5-14(6-4-2)11-7-9(12(16)17)10(8-13-11)15(18)19/h1,7-8H,4-6H2,2H3,(H,16,17). The summed E-state index contributed by atoms with van der Waals surface area (Å²) in [5, 5.41) is 19.7. The number of terminal acetylenes is 1. The van der Waals surface area contributed by atoms with Crippen molar-refractivity contribution in [1.82, 2.24) is 4.98 Å². The average molecular weight is 263 g/mol. The van der Waals surface area contributed by atoms with E-state index in [0.29, 0.717) is 12.4 Å². The Balaban J connectivity index is 3.23. The number of rotatable bonds is 6. The summed E-state index contributed by atoms with van der Waals surface area (Å²) >= 11 is 0. The van der Waals surface area contributed by atoms with Crippen LogP contribution in [0, 0.1) is 22.5 Å². The molecule has 1 aromatic rings. The summed E-state index contributed by atoms with van der Waals surface area (Å²) in [6.07, 6.45) is 6.97. The van der Waals surface area contributed by atoms with Gasteiger partial charge in [-0.1, -0.05) is 12.8 Å². The number of carboxylic acids is 1. The Morgan fingerprint density at radius 3 is 2.84 bits per heavy atom. The molecule has 1 N–H and O–H groups in total. The van der Waals surface area contributed by atoms with E-state index in [-0.39, 0.29) is 6.54 Å². The van der Waals surface area contributed by atoms with Gasteiger partial charge in [-0.2, -0.15) is 0 Å². The first-order valence-corrected chi connectivity index (χ1v) is 5.57. The van der Waals surface area contributed by atoms with Gasteiger partial charge < -0.3 is 10.0 Å². The SMILES string of the molecule is C#CCN(CCC)c1cc(C(=O)O)c([N+](=O)[O-])cn1. The number of carboxylic acid groups (broad SMARTS) is 1. The lowest BCUT2D eigenvalue weighted by Crippen LogP contribution is -2.25. The van der Waals surface area contributed by atoms with E-state index in [0.717, 1.165) is 12.6 Å². The molecule has 0 amide bonds. The molecule has 100 valence electrons. The van der Waals surface area contributed by atoms with Crippen LogP contribution in [0.25, 0.3) is 0 Å². The molecule has 1 aromatic heterocycles. The second-order valence-electron chi connectivity index (χ2n) is 3.75. The third-order valence-corrected chi connectivity index (χ3v) is 2.40. The van der Waals surface area contributed by atoms with Crippen molar-refractivity contribution in [1.29, 1.82) is 0 Å². The van der Waals surface area contributed by atoms with Crippen LogP contribution in [0.15, 0.2) is 12.3 Å². The van der Waals surface area contributed by atoms with E-state index in [1.54, 1.807) is 4.90 Å².